The van der Waals surface area contributed by atoms with Crippen molar-refractivity contribution in [3.05, 3.63) is 0 Å². The van der Waals surface area contributed by atoms with Crippen molar-refractivity contribution in [2.24, 2.45) is 17.3 Å². The molecule has 1 atom stereocenters. The molecule has 1 rings (SSSR count). The molecule has 1 N–H and O–H groups in total. The van der Waals surface area contributed by atoms with Gasteiger partial charge in [0, 0.05) is 6.04 Å². The minimum absolute atomic E-state index is 0.519. The molecule has 0 spiro atoms. The van der Waals surface area contributed by atoms with Gasteiger partial charge in [-0.15, -0.1) is 0 Å². The van der Waals surface area contributed by atoms with E-state index in [0.717, 1.165) is 24.4 Å². The Labute approximate surface area is 102 Å². The van der Waals surface area contributed by atoms with Gasteiger partial charge in [-0.3, -0.25) is 0 Å². The van der Waals surface area contributed by atoms with E-state index in [-0.39, 0.29) is 0 Å². The Morgan fingerprint density at radius 3 is 2.00 bits per heavy atom. The van der Waals surface area contributed by atoms with Crippen LogP contribution < -0.4 is 5.32 Å². The van der Waals surface area contributed by atoms with E-state index in [1.807, 2.05) is 0 Å². The third kappa shape index (κ3) is 3.76. The molecular weight excluding hydrogens is 194 g/mol. The molecule has 16 heavy (non-hydrogen) atoms. The van der Waals surface area contributed by atoms with Crippen molar-refractivity contribution < 1.29 is 0 Å². The molecule has 1 nitrogen and oxygen atoms in total. The van der Waals surface area contributed by atoms with Gasteiger partial charge < -0.3 is 5.32 Å². The van der Waals surface area contributed by atoms with E-state index < -0.39 is 0 Å². The maximum absolute atomic E-state index is 3.66. The van der Waals surface area contributed by atoms with E-state index >= 15 is 0 Å². The Hall–Kier alpha value is -0.0400. The fourth-order valence-electron chi connectivity index (χ4n) is 3.29. The lowest BCUT2D eigenvalue weighted by atomic mass is 9.68. The number of rotatable bonds is 4. The van der Waals surface area contributed by atoms with Gasteiger partial charge in [0.1, 0.15) is 0 Å². The van der Waals surface area contributed by atoms with Crippen molar-refractivity contribution in [2.75, 3.05) is 6.54 Å². The summed E-state index contributed by atoms with van der Waals surface area (Å²) in [5.41, 5.74) is 0.519. The molecule has 0 saturated heterocycles. The quantitative estimate of drug-likeness (QED) is 0.755. The van der Waals surface area contributed by atoms with E-state index in [2.05, 4.69) is 39.9 Å². The highest BCUT2D eigenvalue weighted by molar-refractivity contribution is 4.85. The van der Waals surface area contributed by atoms with Gasteiger partial charge in [-0.1, -0.05) is 34.6 Å². The number of nitrogens with one attached hydrogen (secondary N) is 1. The Morgan fingerprint density at radius 2 is 1.62 bits per heavy atom. The van der Waals surface area contributed by atoms with E-state index in [0.29, 0.717) is 5.41 Å². The summed E-state index contributed by atoms with van der Waals surface area (Å²) in [5, 5.41) is 3.66. The smallest absolute Gasteiger partial charge is 0.00925 e. The van der Waals surface area contributed by atoms with Crippen LogP contribution in [0.5, 0.6) is 0 Å². The Morgan fingerprint density at radius 1 is 1.06 bits per heavy atom. The zero-order valence-corrected chi connectivity index (χ0v) is 12.0. The number of hydrogen-bond acceptors (Lipinski definition) is 1. The first-order chi connectivity index (χ1) is 7.49. The molecule has 1 unspecified atom stereocenters. The molecule has 96 valence electrons. The van der Waals surface area contributed by atoms with Crippen LogP contribution in [0.2, 0.25) is 0 Å². The van der Waals surface area contributed by atoms with Crippen LogP contribution in [0.3, 0.4) is 0 Å². The number of hydrogen-bond donors (Lipinski definition) is 1. The summed E-state index contributed by atoms with van der Waals surface area (Å²) < 4.78 is 0. The van der Waals surface area contributed by atoms with Crippen LogP contribution in [0.15, 0.2) is 0 Å². The summed E-state index contributed by atoms with van der Waals surface area (Å²) in [7, 11) is 0. The first-order valence-corrected chi connectivity index (χ1v) is 7.22. The third-order valence-corrected chi connectivity index (χ3v) is 4.47. The van der Waals surface area contributed by atoms with Crippen LogP contribution in [0.4, 0.5) is 0 Å². The molecule has 0 aliphatic heterocycles. The van der Waals surface area contributed by atoms with E-state index in [1.54, 1.807) is 0 Å². The summed E-state index contributed by atoms with van der Waals surface area (Å²) >= 11 is 0. The first kappa shape index (κ1) is 14.0. The van der Waals surface area contributed by atoms with Gasteiger partial charge in [0.25, 0.3) is 0 Å². The average Bonchev–Trinajstić information content (AvgIpc) is 2.25. The highest BCUT2D eigenvalue weighted by Gasteiger charge is 2.31. The fraction of sp³-hybridized carbons (Fsp3) is 1.00. The monoisotopic (exact) mass is 225 g/mol. The molecule has 1 heteroatoms. The van der Waals surface area contributed by atoms with Crippen LogP contribution in [0, 0.1) is 17.3 Å². The largest absolute Gasteiger partial charge is 0.314 e. The van der Waals surface area contributed by atoms with E-state index in [1.165, 1.54) is 32.1 Å². The van der Waals surface area contributed by atoms with Gasteiger partial charge in [-0.25, -0.2) is 0 Å². The molecule has 0 amide bonds. The van der Waals surface area contributed by atoms with Crippen molar-refractivity contribution in [1.82, 2.24) is 5.32 Å². The first-order valence-electron chi connectivity index (χ1n) is 7.22. The minimum Gasteiger partial charge on any atom is -0.314 e. The molecule has 1 saturated carbocycles. The lowest BCUT2D eigenvalue weighted by Gasteiger charge is -2.39. The van der Waals surface area contributed by atoms with Crippen molar-refractivity contribution >= 4 is 0 Å². The SMILES string of the molecule is CCNC(CC)C1CCC(C(C)(C)C)CC1. The molecule has 1 aliphatic rings. The summed E-state index contributed by atoms with van der Waals surface area (Å²) in [4.78, 5) is 0. The lowest BCUT2D eigenvalue weighted by molar-refractivity contribution is 0.132. The van der Waals surface area contributed by atoms with E-state index in [9.17, 15) is 0 Å². The maximum atomic E-state index is 3.66. The van der Waals surface area contributed by atoms with E-state index in [4.69, 9.17) is 0 Å². The highest BCUT2D eigenvalue weighted by atomic mass is 14.9. The predicted molar refractivity (Wildman–Crippen MR) is 72.7 cm³/mol. The van der Waals surface area contributed by atoms with Crippen molar-refractivity contribution in [3.63, 3.8) is 0 Å². The van der Waals surface area contributed by atoms with Crippen LogP contribution in [-0.2, 0) is 0 Å². The van der Waals surface area contributed by atoms with Gasteiger partial charge in [-0.2, -0.15) is 0 Å². The Balaban J connectivity index is 2.41. The van der Waals surface area contributed by atoms with Crippen LogP contribution in [-0.4, -0.2) is 12.6 Å². The minimum atomic E-state index is 0.519. The molecular formula is C15H31N. The molecule has 0 aromatic carbocycles. The van der Waals surface area contributed by atoms with Crippen molar-refractivity contribution in [1.29, 1.82) is 0 Å². The Kier molecular flexibility index (Phi) is 5.30. The van der Waals surface area contributed by atoms with Gasteiger partial charge >= 0.3 is 0 Å². The molecule has 1 aliphatic carbocycles. The summed E-state index contributed by atoms with van der Waals surface area (Å²) in [6.45, 7) is 12.9. The fourth-order valence-corrected chi connectivity index (χ4v) is 3.29. The van der Waals surface area contributed by atoms with Crippen LogP contribution >= 0.6 is 0 Å². The normalized spacial score (nSPS) is 29.1. The second kappa shape index (κ2) is 6.05. The van der Waals surface area contributed by atoms with Crippen LogP contribution in [0.25, 0.3) is 0 Å². The summed E-state index contributed by atoms with van der Waals surface area (Å²) in [6.07, 6.45) is 7.05. The third-order valence-electron chi connectivity index (χ3n) is 4.47. The summed E-state index contributed by atoms with van der Waals surface area (Å²) in [6, 6.07) is 0.769. The highest BCUT2D eigenvalue weighted by Crippen LogP contribution is 2.40. The molecule has 0 radical (unpaired) electrons. The second-order valence-corrected chi connectivity index (χ2v) is 6.55. The van der Waals surface area contributed by atoms with Gasteiger partial charge in [0.15, 0.2) is 0 Å². The van der Waals surface area contributed by atoms with Crippen molar-refractivity contribution in [3.8, 4) is 0 Å². The maximum Gasteiger partial charge on any atom is 0.00925 e. The van der Waals surface area contributed by atoms with Gasteiger partial charge in [0.05, 0.1) is 0 Å². The molecule has 0 aromatic heterocycles. The second-order valence-electron chi connectivity index (χ2n) is 6.55. The van der Waals surface area contributed by atoms with Gasteiger partial charge in [-0.05, 0) is 55.9 Å². The summed E-state index contributed by atoms with van der Waals surface area (Å²) in [5.74, 6) is 1.88. The Bertz CT molecular complexity index is 184. The average molecular weight is 225 g/mol. The van der Waals surface area contributed by atoms with Crippen LogP contribution in [0.1, 0.15) is 66.7 Å². The molecule has 0 bridgehead atoms. The predicted octanol–water partition coefficient (Wildman–Crippen LogP) is 4.23. The molecule has 0 heterocycles. The standard InChI is InChI=1S/C15H31N/c1-6-14(16-7-2)12-8-10-13(11-9-12)15(3,4)5/h12-14,16H,6-11H2,1-5H3. The topological polar surface area (TPSA) is 12.0 Å². The molecule has 0 aromatic rings. The molecule has 1 fully saturated rings. The van der Waals surface area contributed by atoms with Gasteiger partial charge in [0.2, 0.25) is 0 Å². The zero-order valence-electron chi connectivity index (χ0n) is 12.0. The lowest BCUT2D eigenvalue weighted by Crippen LogP contribution is -2.38. The van der Waals surface area contributed by atoms with Crippen molar-refractivity contribution in [2.45, 2.75) is 72.8 Å². The zero-order chi connectivity index (χ0) is 12.2.